The normalized spacial score (nSPS) is 13.0. The lowest BCUT2D eigenvalue weighted by Crippen LogP contribution is -2.37. The molecule has 0 radical (unpaired) electrons. The van der Waals surface area contributed by atoms with Crippen molar-refractivity contribution in [2.75, 3.05) is 12.3 Å². The van der Waals surface area contributed by atoms with Crippen LogP contribution >= 0.6 is 11.8 Å². The first kappa shape index (κ1) is 22.0. The summed E-state index contributed by atoms with van der Waals surface area (Å²) in [7, 11) is 0. The van der Waals surface area contributed by atoms with Gasteiger partial charge in [0.25, 0.3) is 5.91 Å². The average molecular weight is 454 g/mol. The number of rotatable bonds is 7. The van der Waals surface area contributed by atoms with Crippen LogP contribution in [0.4, 0.5) is 4.39 Å². The first-order valence-electron chi connectivity index (χ1n) is 10.5. The highest BCUT2D eigenvalue weighted by molar-refractivity contribution is 7.99. The van der Waals surface area contributed by atoms with Crippen LogP contribution in [0, 0.1) is 5.82 Å². The van der Waals surface area contributed by atoms with Crippen molar-refractivity contribution < 1.29 is 14.0 Å². The van der Waals surface area contributed by atoms with Gasteiger partial charge in [0.05, 0.1) is 17.9 Å². The summed E-state index contributed by atoms with van der Waals surface area (Å²) in [6.45, 7) is 3.99. The van der Waals surface area contributed by atoms with Crippen LogP contribution in [0.1, 0.15) is 34.2 Å². The van der Waals surface area contributed by atoms with Gasteiger partial charge in [0.2, 0.25) is 5.91 Å². The van der Waals surface area contributed by atoms with E-state index in [1.54, 1.807) is 6.07 Å². The second kappa shape index (κ2) is 9.95. The molecule has 1 aromatic heterocycles. The molecule has 0 fully saturated rings. The molecule has 0 spiro atoms. The number of aromatic nitrogens is 3. The van der Waals surface area contributed by atoms with Gasteiger partial charge in [-0.3, -0.25) is 9.59 Å². The third-order valence-corrected chi connectivity index (χ3v) is 6.39. The molecule has 1 aliphatic heterocycles. The van der Waals surface area contributed by atoms with Gasteiger partial charge >= 0.3 is 0 Å². The Balaban J connectivity index is 1.34. The molecule has 7 nitrogen and oxygen atoms in total. The van der Waals surface area contributed by atoms with E-state index >= 15 is 0 Å². The van der Waals surface area contributed by atoms with Crippen LogP contribution in [0.15, 0.2) is 53.7 Å². The highest BCUT2D eigenvalue weighted by atomic mass is 32.2. The minimum absolute atomic E-state index is 0.0154. The SMILES string of the molecule is CCn1c(CNC(=O)c2ccccc2F)nnc1SCC(=O)N1CCc2ccccc2C1. The number of nitrogens with zero attached hydrogens (tertiary/aromatic N) is 4. The Labute approximate surface area is 190 Å². The predicted molar refractivity (Wildman–Crippen MR) is 120 cm³/mol. The molecule has 2 heterocycles. The zero-order valence-corrected chi connectivity index (χ0v) is 18.6. The van der Waals surface area contributed by atoms with Gasteiger partial charge in [0, 0.05) is 19.6 Å². The summed E-state index contributed by atoms with van der Waals surface area (Å²) in [5.41, 5.74) is 2.48. The van der Waals surface area contributed by atoms with Gasteiger partial charge in [-0.05, 0) is 36.6 Å². The number of carbonyl (C=O) groups is 2. The first-order valence-corrected chi connectivity index (χ1v) is 11.5. The van der Waals surface area contributed by atoms with Gasteiger partial charge < -0.3 is 14.8 Å². The molecular weight excluding hydrogens is 429 g/mol. The van der Waals surface area contributed by atoms with Crippen molar-refractivity contribution in [2.45, 2.75) is 38.1 Å². The lowest BCUT2D eigenvalue weighted by atomic mass is 10.00. The molecule has 3 aromatic rings. The smallest absolute Gasteiger partial charge is 0.254 e. The number of hydrogen-bond donors (Lipinski definition) is 1. The molecule has 1 aliphatic rings. The second-order valence-corrected chi connectivity index (χ2v) is 8.37. The lowest BCUT2D eigenvalue weighted by molar-refractivity contribution is -0.129. The molecular formula is C23H24FN5O2S. The van der Waals surface area contributed by atoms with Crippen molar-refractivity contribution >= 4 is 23.6 Å². The Kier molecular flexibility index (Phi) is 6.84. The fourth-order valence-electron chi connectivity index (χ4n) is 3.70. The summed E-state index contributed by atoms with van der Waals surface area (Å²) in [4.78, 5) is 26.9. The van der Waals surface area contributed by atoms with Crippen LogP contribution in [-0.2, 0) is 30.8 Å². The molecule has 2 amide bonds. The maximum absolute atomic E-state index is 13.8. The van der Waals surface area contributed by atoms with Crippen molar-refractivity contribution in [2.24, 2.45) is 0 Å². The van der Waals surface area contributed by atoms with Gasteiger partial charge in [-0.2, -0.15) is 0 Å². The van der Waals surface area contributed by atoms with E-state index in [1.165, 1.54) is 41.1 Å². The number of carbonyl (C=O) groups excluding carboxylic acids is 2. The van der Waals surface area contributed by atoms with Crippen LogP contribution in [-0.4, -0.2) is 43.8 Å². The largest absolute Gasteiger partial charge is 0.345 e. The van der Waals surface area contributed by atoms with Crippen LogP contribution < -0.4 is 5.32 Å². The summed E-state index contributed by atoms with van der Waals surface area (Å²) in [5, 5.41) is 11.6. The zero-order chi connectivity index (χ0) is 22.5. The Morgan fingerprint density at radius 3 is 2.62 bits per heavy atom. The highest BCUT2D eigenvalue weighted by Crippen LogP contribution is 2.22. The van der Waals surface area contributed by atoms with Crippen molar-refractivity contribution in [1.29, 1.82) is 0 Å². The van der Waals surface area contributed by atoms with Gasteiger partial charge in [-0.15, -0.1) is 10.2 Å². The molecule has 0 unspecified atom stereocenters. The van der Waals surface area contributed by atoms with Crippen LogP contribution in [0.5, 0.6) is 0 Å². The topological polar surface area (TPSA) is 80.1 Å². The Morgan fingerprint density at radius 2 is 1.84 bits per heavy atom. The Morgan fingerprint density at radius 1 is 1.09 bits per heavy atom. The number of fused-ring (bicyclic) bond motifs is 1. The van der Waals surface area contributed by atoms with E-state index in [9.17, 15) is 14.0 Å². The number of halogens is 1. The molecule has 0 saturated heterocycles. The number of thioether (sulfide) groups is 1. The summed E-state index contributed by atoms with van der Waals surface area (Å²) < 4.78 is 15.6. The van der Waals surface area contributed by atoms with E-state index in [-0.39, 0.29) is 23.8 Å². The zero-order valence-electron chi connectivity index (χ0n) is 17.8. The fraction of sp³-hybridized carbons (Fsp3) is 0.304. The molecule has 1 N–H and O–H groups in total. The highest BCUT2D eigenvalue weighted by Gasteiger charge is 2.22. The third-order valence-electron chi connectivity index (χ3n) is 5.44. The minimum atomic E-state index is -0.572. The van der Waals surface area contributed by atoms with E-state index in [0.717, 1.165) is 6.42 Å². The van der Waals surface area contributed by atoms with E-state index in [4.69, 9.17) is 0 Å². The van der Waals surface area contributed by atoms with E-state index < -0.39 is 11.7 Å². The number of amides is 2. The molecule has 2 aromatic carbocycles. The molecule has 4 rings (SSSR count). The average Bonchev–Trinajstić information content (AvgIpc) is 3.22. The van der Waals surface area contributed by atoms with Crippen LogP contribution in [0.2, 0.25) is 0 Å². The van der Waals surface area contributed by atoms with E-state index in [0.29, 0.717) is 30.6 Å². The molecule has 166 valence electrons. The van der Waals surface area contributed by atoms with Crippen molar-refractivity contribution in [3.63, 3.8) is 0 Å². The first-order chi connectivity index (χ1) is 15.6. The maximum Gasteiger partial charge on any atom is 0.254 e. The van der Waals surface area contributed by atoms with Crippen molar-refractivity contribution in [3.05, 3.63) is 76.9 Å². The summed E-state index contributed by atoms with van der Waals surface area (Å²) in [6.07, 6.45) is 0.865. The van der Waals surface area contributed by atoms with Crippen molar-refractivity contribution in [1.82, 2.24) is 25.0 Å². The third kappa shape index (κ3) is 4.83. The van der Waals surface area contributed by atoms with E-state index in [1.807, 2.05) is 28.5 Å². The maximum atomic E-state index is 13.8. The molecule has 0 aliphatic carbocycles. The summed E-state index contributed by atoms with van der Waals surface area (Å²) in [5.74, 6) is -0.203. The van der Waals surface area contributed by atoms with Gasteiger partial charge in [-0.1, -0.05) is 48.2 Å². The fourth-order valence-corrected chi connectivity index (χ4v) is 4.62. The standard InChI is InChI=1S/C23H24FN5O2S/c1-2-29-20(13-25-22(31)18-9-5-6-10-19(18)24)26-27-23(29)32-15-21(30)28-12-11-16-7-3-4-8-17(16)14-28/h3-10H,2,11-15H2,1H3,(H,25,31). The monoisotopic (exact) mass is 453 g/mol. The Hall–Kier alpha value is -3.20. The molecule has 0 bridgehead atoms. The van der Waals surface area contributed by atoms with Crippen LogP contribution in [0.3, 0.4) is 0 Å². The van der Waals surface area contributed by atoms with Gasteiger partial charge in [-0.25, -0.2) is 4.39 Å². The van der Waals surface area contributed by atoms with Crippen LogP contribution in [0.25, 0.3) is 0 Å². The number of hydrogen-bond acceptors (Lipinski definition) is 5. The summed E-state index contributed by atoms with van der Waals surface area (Å²) in [6, 6.07) is 14.0. The molecule has 32 heavy (non-hydrogen) atoms. The van der Waals surface area contributed by atoms with E-state index in [2.05, 4.69) is 27.6 Å². The second-order valence-electron chi connectivity index (χ2n) is 7.43. The Bertz CT molecular complexity index is 1130. The molecule has 0 atom stereocenters. The molecule has 0 saturated carbocycles. The van der Waals surface area contributed by atoms with Gasteiger partial charge in [0.15, 0.2) is 11.0 Å². The number of nitrogens with one attached hydrogen (secondary N) is 1. The lowest BCUT2D eigenvalue weighted by Gasteiger charge is -2.28. The summed E-state index contributed by atoms with van der Waals surface area (Å²) >= 11 is 1.33. The molecule has 9 heteroatoms. The van der Waals surface area contributed by atoms with Crippen molar-refractivity contribution in [3.8, 4) is 0 Å². The minimum Gasteiger partial charge on any atom is -0.345 e. The predicted octanol–water partition coefficient (Wildman–Crippen LogP) is 3.04. The van der Waals surface area contributed by atoms with Gasteiger partial charge in [0.1, 0.15) is 5.82 Å². The quantitative estimate of drug-likeness (QED) is 0.557. The number of benzene rings is 2.